The van der Waals surface area contributed by atoms with Crippen LogP contribution in [0.4, 0.5) is 10.7 Å². The van der Waals surface area contributed by atoms with Crippen LogP contribution in [0.3, 0.4) is 0 Å². The third kappa shape index (κ3) is 2.98. The number of rotatable bonds is 2. The SMILES string of the molecule is Cc1noc2c1C(c1ccc(Cl)cc1)C1(C(=O)N(C)C(=O)N(C)C1=O)C(c1ccc(Cl)cc1)N2. The largest absolute Gasteiger partial charge is 0.345 e. The molecule has 2 aliphatic rings. The summed E-state index contributed by atoms with van der Waals surface area (Å²) in [6, 6.07) is 12.2. The summed E-state index contributed by atoms with van der Waals surface area (Å²) >= 11 is 12.3. The van der Waals surface area contributed by atoms with Crippen LogP contribution in [0, 0.1) is 12.3 Å². The van der Waals surface area contributed by atoms with Crippen LogP contribution in [0.1, 0.15) is 34.3 Å². The van der Waals surface area contributed by atoms with Gasteiger partial charge < -0.3 is 9.84 Å². The Bertz CT molecular complexity index is 1300. The molecule has 2 atom stereocenters. The number of anilines is 1. The number of carbonyl (C=O) groups is 3. The van der Waals surface area contributed by atoms with E-state index in [1.54, 1.807) is 55.5 Å². The maximum absolute atomic E-state index is 14.1. The van der Waals surface area contributed by atoms with Crippen LogP contribution in [0.15, 0.2) is 53.1 Å². The molecule has 34 heavy (non-hydrogen) atoms. The predicted molar refractivity (Wildman–Crippen MR) is 126 cm³/mol. The molecule has 1 aromatic heterocycles. The lowest BCUT2D eigenvalue weighted by atomic mass is 9.59. The van der Waals surface area contributed by atoms with Gasteiger partial charge in [0, 0.05) is 35.6 Å². The van der Waals surface area contributed by atoms with Gasteiger partial charge in [0.2, 0.25) is 17.7 Å². The molecule has 1 spiro atoms. The lowest BCUT2D eigenvalue weighted by Gasteiger charge is -2.51. The number of nitrogens with zero attached hydrogens (tertiary/aromatic N) is 3. The summed E-state index contributed by atoms with van der Waals surface area (Å²) in [4.78, 5) is 43.0. The second kappa shape index (κ2) is 7.85. The number of halogens is 2. The van der Waals surface area contributed by atoms with E-state index in [2.05, 4.69) is 10.5 Å². The van der Waals surface area contributed by atoms with E-state index in [1.165, 1.54) is 14.1 Å². The zero-order valence-corrected chi connectivity index (χ0v) is 20.0. The fourth-order valence-corrected chi connectivity index (χ4v) is 5.34. The zero-order chi connectivity index (χ0) is 24.4. The van der Waals surface area contributed by atoms with Crippen LogP contribution in [-0.4, -0.2) is 46.9 Å². The fourth-order valence-electron chi connectivity index (χ4n) is 5.09. The average Bonchev–Trinajstić information content (AvgIpc) is 3.21. The first-order chi connectivity index (χ1) is 16.2. The summed E-state index contributed by atoms with van der Waals surface area (Å²) in [5.74, 6) is -1.71. The molecule has 1 saturated heterocycles. The van der Waals surface area contributed by atoms with Gasteiger partial charge in [0.1, 0.15) is 0 Å². The molecule has 4 amide bonds. The Balaban J connectivity index is 1.87. The molecule has 3 aromatic rings. The van der Waals surface area contributed by atoms with E-state index in [-0.39, 0.29) is 0 Å². The number of barbiturate groups is 1. The molecule has 5 rings (SSSR count). The minimum atomic E-state index is -1.76. The Morgan fingerprint density at radius 3 is 1.91 bits per heavy atom. The van der Waals surface area contributed by atoms with Gasteiger partial charge in [-0.15, -0.1) is 0 Å². The molecule has 1 fully saturated rings. The van der Waals surface area contributed by atoms with E-state index in [0.29, 0.717) is 38.3 Å². The molecule has 3 heterocycles. The van der Waals surface area contributed by atoms with Gasteiger partial charge in [0.15, 0.2) is 5.41 Å². The van der Waals surface area contributed by atoms with Crippen LogP contribution in [0.25, 0.3) is 0 Å². The zero-order valence-electron chi connectivity index (χ0n) is 18.5. The molecular weight excluding hydrogens is 479 g/mol. The van der Waals surface area contributed by atoms with Gasteiger partial charge in [-0.05, 0) is 42.3 Å². The monoisotopic (exact) mass is 498 g/mol. The molecule has 2 unspecified atom stereocenters. The molecule has 1 N–H and O–H groups in total. The summed E-state index contributed by atoms with van der Waals surface area (Å²) in [5.41, 5.74) is 0.628. The maximum Gasteiger partial charge on any atom is 0.332 e. The quantitative estimate of drug-likeness (QED) is 0.517. The third-order valence-electron chi connectivity index (χ3n) is 6.68. The Kier molecular flexibility index (Phi) is 5.18. The van der Waals surface area contributed by atoms with Gasteiger partial charge in [-0.3, -0.25) is 19.4 Å². The fraction of sp³-hybridized carbons (Fsp3) is 0.250. The van der Waals surface area contributed by atoms with Crippen molar-refractivity contribution < 1.29 is 18.9 Å². The van der Waals surface area contributed by atoms with Crippen LogP contribution in [-0.2, 0) is 9.59 Å². The van der Waals surface area contributed by atoms with Crippen molar-refractivity contribution in [2.24, 2.45) is 5.41 Å². The van der Waals surface area contributed by atoms with Crippen LogP contribution >= 0.6 is 23.2 Å². The lowest BCUT2D eigenvalue weighted by Crippen LogP contribution is -2.68. The maximum atomic E-state index is 14.1. The number of hydrogen-bond acceptors (Lipinski definition) is 6. The molecule has 0 bridgehead atoms. The second-order valence-corrected chi connectivity index (χ2v) is 9.38. The Morgan fingerprint density at radius 2 is 1.38 bits per heavy atom. The molecule has 174 valence electrons. The summed E-state index contributed by atoms with van der Waals surface area (Å²) in [7, 11) is 2.76. The molecule has 0 saturated carbocycles. The van der Waals surface area contributed by atoms with Crippen molar-refractivity contribution in [2.75, 3.05) is 19.4 Å². The van der Waals surface area contributed by atoms with E-state index >= 15 is 0 Å². The van der Waals surface area contributed by atoms with Crippen molar-refractivity contribution in [1.29, 1.82) is 0 Å². The average molecular weight is 499 g/mol. The molecule has 0 radical (unpaired) electrons. The molecule has 2 aromatic carbocycles. The summed E-state index contributed by atoms with van der Waals surface area (Å²) in [6.07, 6.45) is 0. The van der Waals surface area contributed by atoms with E-state index in [1.807, 2.05) is 0 Å². The van der Waals surface area contributed by atoms with E-state index < -0.39 is 35.2 Å². The highest BCUT2D eigenvalue weighted by atomic mass is 35.5. The van der Waals surface area contributed by atoms with Gasteiger partial charge in [-0.25, -0.2) is 4.79 Å². The summed E-state index contributed by atoms with van der Waals surface area (Å²) in [5, 5.41) is 8.36. The summed E-state index contributed by atoms with van der Waals surface area (Å²) in [6.45, 7) is 1.75. The standard InChI is InChI=1S/C24H20Cl2N4O4/c1-12-17-18(13-4-8-15(25)9-5-13)24(21(31)29(2)23(33)30(3)22(24)32)19(27-20(17)34-28-12)14-6-10-16(26)11-7-14/h4-11,18-19,27H,1-3H3. The Labute approximate surface area is 205 Å². The lowest BCUT2D eigenvalue weighted by molar-refractivity contribution is -0.160. The number of nitrogens with one attached hydrogen (secondary N) is 1. The van der Waals surface area contributed by atoms with Crippen molar-refractivity contribution in [3.8, 4) is 0 Å². The van der Waals surface area contributed by atoms with Crippen LogP contribution in [0.2, 0.25) is 10.0 Å². The number of aryl methyl sites for hydroxylation is 1. The van der Waals surface area contributed by atoms with Crippen molar-refractivity contribution in [3.63, 3.8) is 0 Å². The number of imide groups is 2. The van der Waals surface area contributed by atoms with Gasteiger partial charge >= 0.3 is 6.03 Å². The highest BCUT2D eigenvalue weighted by Gasteiger charge is 2.67. The van der Waals surface area contributed by atoms with Crippen molar-refractivity contribution in [3.05, 3.63) is 81.0 Å². The molecule has 8 nitrogen and oxygen atoms in total. The minimum Gasteiger partial charge on any atom is -0.345 e. The number of fused-ring (bicyclic) bond motifs is 1. The Hall–Kier alpha value is -3.36. The first-order valence-corrected chi connectivity index (χ1v) is 11.3. The second-order valence-electron chi connectivity index (χ2n) is 8.50. The number of aromatic nitrogens is 1. The number of hydrogen-bond donors (Lipinski definition) is 1. The minimum absolute atomic E-state index is 0.353. The van der Waals surface area contributed by atoms with E-state index in [0.717, 1.165) is 9.80 Å². The van der Waals surface area contributed by atoms with E-state index in [4.69, 9.17) is 27.7 Å². The van der Waals surface area contributed by atoms with Crippen molar-refractivity contribution >= 4 is 46.9 Å². The van der Waals surface area contributed by atoms with Crippen LogP contribution in [0.5, 0.6) is 0 Å². The van der Waals surface area contributed by atoms with Gasteiger partial charge in [0.25, 0.3) is 0 Å². The smallest absolute Gasteiger partial charge is 0.332 e. The van der Waals surface area contributed by atoms with Gasteiger partial charge in [0.05, 0.1) is 11.7 Å². The van der Waals surface area contributed by atoms with E-state index in [9.17, 15) is 14.4 Å². The number of carbonyl (C=O) groups excluding carboxylic acids is 3. The first-order valence-electron chi connectivity index (χ1n) is 10.5. The molecular formula is C24H20Cl2N4O4. The number of benzene rings is 2. The van der Waals surface area contributed by atoms with Crippen LogP contribution < -0.4 is 5.32 Å². The molecule has 10 heteroatoms. The number of amides is 4. The highest BCUT2D eigenvalue weighted by molar-refractivity contribution is 6.31. The van der Waals surface area contributed by atoms with Gasteiger partial charge in [-0.1, -0.05) is 52.6 Å². The predicted octanol–water partition coefficient (Wildman–Crippen LogP) is 4.63. The molecule has 0 aliphatic carbocycles. The Morgan fingerprint density at radius 1 is 0.882 bits per heavy atom. The summed E-state index contributed by atoms with van der Waals surface area (Å²) < 4.78 is 5.59. The normalized spacial score (nSPS) is 21.6. The van der Waals surface area contributed by atoms with Gasteiger partial charge in [-0.2, -0.15) is 0 Å². The molecule has 2 aliphatic heterocycles. The first kappa shape index (κ1) is 22.4. The highest BCUT2D eigenvalue weighted by Crippen LogP contribution is 2.59. The van der Waals surface area contributed by atoms with Crippen molar-refractivity contribution in [2.45, 2.75) is 18.9 Å². The van der Waals surface area contributed by atoms with Crippen molar-refractivity contribution in [1.82, 2.24) is 15.0 Å². The number of urea groups is 1. The third-order valence-corrected chi connectivity index (χ3v) is 7.18. The topological polar surface area (TPSA) is 95.8 Å².